The molecule has 1 N–H and O–H groups in total. The van der Waals surface area contributed by atoms with Crippen LogP contribution in [0.4, 0.5) is 4.79 Å². The van der Waals surface area contributed by atoms with Crippen molar-refractivity contribution in [1.82, 2.24) is 0 Å². The van der Waals surface area contributed by atoms with Crippen LogP contribution in [0.2, 0.25) is 160 Å². The summed E-state index contributed by atoms with van der Waals surface area (Å²) < 4.78 is 72.7. The van der Waals surface area contributed by atoms with Gasteiger partial charge in [0, 0.05) is 173 Å². The van der Waals surface area contributed by atoms with Crippen LogP contribution in [0.1, 0.15) is 385 Å². The fourth-order valence-corrected chi connectivity index (χ4v) is 18.3. The highest BCUT2D eigenvalue weighted by Gasteiger charge is 2.41. The minimum absolute atomic E-state index is 0.0156. The van der Waals surface area contributed by atoms with Gasteiger partial charge in [-0.1, -0.05) is 281 Å². The van der Waals surface area contributed by atoms with E-state index in [1.807, 2.05) is 55.4 Å². The number of ether oxygens (including phenoxy) is 8. The topological polar surface area (TPSA) is 174 Å². The van der Waals surface area contributed by atoms with Crippen LogP contribution in [-0.4, -0.2) is 274 Å². The number of carbonyl (C=O) groups is 2. The lowest BCUT2D eigenvalue weighted by atomic mass is 9.98. The van der Waals surface area contributed by atoms with Gasteiger partial charge < -0.3 is 65.1 Å². The molecular formula is C104H254O16Si15. The van der Waals surface area contributed by atoms with Gasteiger partial charge in [0.15, 0.2) is 47.9 Å². The normalized spacial score (nSPS) is 16.2. The molecule has 31 heteroatoms. The molecule has 5 aliphatic rings. The van der Waals surface area contributed by atoms with Gasteiger partial charge >= 0.3 is 12.1 Å². The van der Waals surface area contributed by atoms with Gasteiger partial charge in [-0.05, 0) is 257 Å². The van der Waals surface area contributed by atoms with Crippen molar-refractivity contribution in [3.63, 3.8) is 0 Å². The molecule has 2 atom stereocenters. The fourth-order valence-electron chi connectivity index (χ4n) is 11.2. The number of aliphatic hydroxyl groups excluding tert-OH is 1. The van der Waals surface area contributed by atoms with E-state index in [-0.39, 0.29) is 38.9 Å². The first-order chi connectivity index (χ1) is 62.2. The molecule has 5 saturated carbocycles. The summed E-state index contributed by atoms with van der Waals surface area (Å²) in [6.07, 6.45) is 44.6. The number of hydrogen-bond acceptors (Lipinski definition) is 16. The van der Waals surface area contributed by atoms with E-state index in [2.05, 4.69) is 202 Å². The first-order valence-electron chi connectivity index (χ1n) is 56.1. The third-order valence-electron chi connectivity index (χ3n) is 24.5. The molecule has 2 unspecified atom stereocenters. The third kappa shape index (κ3) is 122. The van der Waals surface area contributed by atoms with Crippen molar-refractivity contribution in [2.75, 3.05) is 59.6 Å². The average molecular weight is 2180 g/mol. The molecule has 16 nitrogen and oxygen atoms in total. The van der Waals surface area contributed by atoms with Crippen molar-refractivity contribution in [2.45, 2.75) is 599 Å². The molecule has 0 aliphatic heterocycles. The average Bonchev–Trinajstić information content (AvgIpc) is 0.831. The predicted octanol–water partition coefficient (Wildman–Crippen LogP) is 23.1. The second-order valence-electron chi connectivity index (χ2n) is 47.6. The molecule has 0 aromatic rings. The lowest BCUT2D eigenvalue weighted by Crippen LogP contribution is -2.44. The Hall–Kier alpha value is 1.55. The third-order valence-corrected chi connectivity index (χ3v) is 50.5. The monoisotopic (exact) mass is 2180 g/mol. The second kappa shape index (κ2) is 96.4. The molecule has 0 radical (unpaired) electrons. The molecule has 0 aromatic heterocycles. The van der Waals surface area contributed by atoms with Crippen molar-refractivity contribution in [3.05, 3.63) is 0 Å². The van der Waals surface area contributed by atoms with E-state index in [0.29, 0.717) is 64.0 Å². The highest BCUT2D eigenvalue weighted by molar-refractivity contribution is 6.75. The molecule has 0 saturated heterocycles. The van der Waals surface area contributed by atoms with E-state index in [0.717, 1.165) is 75.4 Å². The zero-order valence-electron chi connectivity index (χ0n) is 101. The fraction of sp³-hybridized carbons (Fsp3) is 0.981. The molecule has 0 bridgehead atoms. The zero-order valence-corrected chi connectivity index (χ0v) is 125. The Labute approximate surface area is 881 Å². The van der Waals surface area contributed by atoms with E-state index >= 15 is 0 Å². The van der Waals surface area contributed by atoms with Gasteiger partial charge in [0.1, 0.15) is 17.8 Å². The number of hydrogen-bond donors (Lipinski definition) is 1. The minimum Gasteiger partial charge on any atom is -0.458 e. The molecule has 5 rings (SSSR count). The van der Waals surface area contributed by atoms with Crippen LogP contribution in [0, 0.1) is 0 Å². The molecule has 5 aliphatic carbocycles. The number of rotatable bonds is 34. The Balaban J connectivity index is -0.000000158. The number of esters is 1. The minimum atomic E-state index is -1.49. The van der Waals surface area contributed by atoms with Crippen LogP contribution >= 0.6 is 0 Å². The SMILES string of the molecule is CC(=O)OC(COCCC[SiH3])COC(C)(C)C.CC(C)(C)OC(=O)OC1CCCCC1.CC(C)(C)[Si](C)(C)OC1CCCCC1.CC(C)(C)[Si](C)(C)OC1CCCCC1.CC(C)(C)[Si](C)(C)OCCC[SiH3].CCC[SiH3].CCC[SiH3].CCC[SiH3].CCC[SiH3].CCOC(C)OC1CCCCC1.COCCC[SiH3].C[SiH](C)C(C)(C)C.C[Si](C)(C)OC1CCCCC1.C[Si](C)(C)OCCC[SiH3].OC[SiH3]. The van der Waals surface area contributed by atoms with Crippen LogP contribution < -0.4 is 0 Å². The van der Waals surface area contributed by atoms with Gasteiger partial charge in [-0.3, -0.25) is 4.79 Å². The summed E-state index contributed by atoms with van der Waals surface area (Å²) in [6, 6.07) is 11.2. The molecular weight excluding hydrogens is 1930 g/mol. The Kier molecular flexibility index (Phi) is 112. The summed E-state index contributed by atoms with van der Waals surface area (Å²) in [5.74, 6) is -0.293. The summed E-state index contributed by atoms with van der Waals surface area (Å²) in [6.45, 7) is 91.1. The molecule has 5 fully saturated rings. The van der Waals surface area contributed by atoms with Crippen molar-refractivity contribution >= 4 is 155 Å². The molecule has 0 aromatic carbocycles. The predicted molar refractivity (Wildman–Crippen MR) is 654 cm³/mol. The summed E-state index contributed by atoms with van der Waals surface area (Å²) >= 11 is 0. The van der Waals surface area contributed by atoms with Gasteiger partial charge in [0.05, 0.1) is 24.9 Å². The molecule has 0 amide bonds. The van der Waals surface area contributed by atoms with Crippen LogP contribution in [0.5, 0.6) is 0 Å². The maximum Gasteiger partial charge on any atom is 0.509 e. The highest BCUT2D eigenvalue weighted by atomic mass is 28.4. The van der Waals surface area contributed by atoms with Crippen LogP contribution in [0.15, 0.2) is 0 Å². The first-order valence-corrected chi connectivity index (χ1v) is 87.3. The van der Waals surface area contributed by atoms with Crippen molar-refractivity contribution < 1.29 is 74.7 Å². The van der Waals surface area contributed by atoms with Gasteiger partial charge in [-0.25, -0.2) is 4.79 Å². The van der Waals surface area contributed by atoms with E-state index in [1.54, 1.807) is 7.11 Å². The molecule has 0 heterocycles. The number of aliphatic hydroxyl groups is 1. The van der Waals surface area contributed by atoms with Crippen LogP contribution in [0.3, 0.4) is 0 Å². The second-order valence-corrected chi connectivity index (χ2v) is 83.5. The standard InChI is InChI=1S/C12H26O4Si.2C12H26OSi.C11H20O3.C10H20O2.C9H24OSi2.C9H20OSi.C6H18OSi2.C6H16Si.C4H12OSi.4C3H10Si.CH6OSi/c1-10(13)16-11(8-14-6-5-7-17)9-15-12(2,3)4;2*1-12(2,3)14(4,5)13-11-9-7-6-8-10-11;1-11(2,3)14-10(12)13-9-7-5-4-6-8-9;1-3-11-9(2)12-10-7-5-4-6-8-10;1-9(2,3)12(4,5)10-7-6-8-11;1-11(2,3)10-9-7-5-4-6-8-9;1-9(2,3)7-5-4-6-8;1-6(2,3)7(4)5;1-5-3-2-4-6;4*1-2-3-4;2-1-3/h11H,5-9H2,1-4,17H3;2*11H,6-10H2,1-5H3;9H,4-8H2,1-3H3;9-10H,3-8H2,1-2H3;6-8H2,1-5,11H3;9H,4-8H2,1-3H3;4-6H2,1-3,8H3;7H,1-5H3;2-4H2,1,6H3;4*2-3H2,1,4H3;2H,1H2,3H3. The largest absolute Gasteiger partial charge is 0.509 e. The van der Waals surface area contributed by atoms with E-state index < -0.39 is 53.3 Å². The summed E-state index contributed by atoms with van der Waals surface area (Å²) in [7, 11) is 6.21. The zero-order chi connectivity index (χ0) is 107. The Morgan fingerprint density at radius 2 is 0.681 bits per heavy atom. The van der Waals surface area contributed by atoms with Crippen LogP contribution in [-0.2, 0) is 64.8 Å². The maximum atomic E-state index is 11.3. The maximum absolute atomic E-state index is 11.3. The van der Waals surface area contributed by atoms with E-state index in [9.17, 15) is 9.59 Å². The summed E-state index contributed by atoms with van der Waals surface area (Å²) in [5, 5.41) is 9.37. The highest BCUT2D eigenvalue weighted by Crippen LogP contribution is 2.41. The van der Waals surface area contributed by atoms with E-state index in [1.165, 1.54) is 317 Å². The van der Waals surface area contributed by atoms with Crippen LogP contribution in [0.25, 0.3) is 0 Å². The van der Waals surface area contributed by atoms with Crippen molar-refractivity contribution in [3.8, 4) is 0 Å². The molecule has 135 heavy (non-hydrogen) atoms. The molecule has 826 valence electrons. The quantitative estimate of drug-likeness (QED) is 0.0279. The van der Waals surface area contributed by atoms with Gasteiger partial charge in [0.2, 0.25) is 0 Å². The lowest BCUT2D eigenvalue weighted by molar-refractivity contribution is -0.163. The van der Waals surface area contributed by atoms with Gasteiger partial charge in [0.25, 0.3) is 0 Å². The number of methoxy groups -OCH3 is 1. The van der Waals surface area contributed by atoms with E-state index in [4.69, 9.17) is 65.1 Å². The first kappa shape index (κ1) is 157. The van der Waals surface area contributed by atoms with Gasteiger partial charge in [-0.2, -0.15) is 0 Å². The Morgan fingerprint density at radius 3 is 0.926 bits per heavy atom. The lowest BCUT2D eigenvalue weighted by Gasteiger charge is -2.40. The number of carbonyl (C=O) groups excluding carboxylic acids is 2. The smallest absolute Gasteiger partial charge is 0.458 e. The molecule has 0 spiro atoms. The Bertz CT molecular complexity index is 2350. The van der Waals surface area contributed by atoms with Crippen molar-refractivity contribution in [1.29, 1.82) is 0 Å². The van der Waals surface area contributed by atoms with Crippen molar-refractivity contribution in [2.24, 2.45) is 0 Å². The Morgan fingerprint density at radius 1 is 0.393 bits per heavy atom. The van der Waals surface area contributed by atoms with Gasteiger partial charge in [-0.15, -0.1) is 0 Å². The summed E-state index contributed by atoms with van der Waals surface area (Å²) in [5.41, 5.74) is -0.681. The summed E-state index contributed by atoms with van der Waals surface area (Å²) in [4.78, 5) is 22.2.